The van der Waals surface area contributed by atoms with Crippen LogP contribution in [0.2, 0.25) is 0 Å². The smallest absolute Gasteiger partial charge is 0.255 e. The SMILES string of the molecule is C[C@@H](Cc1ccccn1)NC(=O)c1cnn(-c2ncc3c(n2)-c2ccccc2CCC3)c1C1CC1. The van der Waals surface area contributed by atoms with Crippen molar-refractivity contribution in [1.29, 1.82) is 0 Å². The minimum Gasteiger partial charge on any atom is -0.349 e. The molecular formula is C28H28N6O. The Hall–Kier alpha value is -3.87. The predicted molar refractivity (Wildman–Crippen MR) is 133 cm³/mol. The number of hydrogen-bond donors (Lipinski definition) is 1. The Morgan fingerprint density at radius 3 is 2.71 bits per heavy atom. The second-order valence-electron chi connectivity index (χ2n) is 9.58. The van der Waals surface area contributed by atoms with E-state index in [0.717, 1.165) is 49.2 Å². The molecule has 1 N–H and O–H groups in total. The molecule has 1 aromatic carbocycles. The first-order valence-corrected chi connectivity index (χ1v) is 12.4. The maximum absolute atomic E-state index is 13.3. The van der Waals surface area contributed by atoms with E-state index >= 15 is 0 Å². The quantitative estimate of drug-likeness (QED) is 0.456. The van der Waals surface area contributed by atoms with E-state index in [2.05, 4.69) is 44.6 Å². The number of carbonyl (C=O) groups is 1. The topological polar surface area (TPSA) is 85.6 Å². The summed E-state index contributed by atoms with van der Waals surface area (Å²) in [5.74, 6) is 0.726. The van der Waals surface area contributed by atoms with Crippen LogP contribution in [-0.2, 0) is 19.3 Å². The molecule has 0 spiro atoms. The fraction of sp³-hybridized carbons (Fsp3) is 0.321. The van der Waals surface area contributed by atoms with E-state index in [1.165, 1.54) is 16.7 Å². The molecule has 3 heterocycles. The van der Waals surface area contributed by atoms with E-state index < -0.39 is 0 Å². The number of aryl methyl sites for hydroxylation is 2. The van der Waals surface area contributed by atoms with Gasteiger partial charge in [0.2, 0.25) is 0 Å². The fourth-order valence-corrected chi connectivity index (χ4v) is 4.98. The second kappa shape index (κ2) is 9.06. The van der Waals surface area contributed by atoms with Crippen molar-refractivity contribution in [3.8, 4) is 17.2 Å². The molecule has 6 rings (SSSR count). The van der Waals surface area contributed by atoms with Crippen molar-refractivity contribution in [2.24, 2.45) is 0 Å². The minimum absolute atomic E-state index is 0.0481. The maximum atomic E-state index is 13.3. The van der Waals surface area contributed by atoms with Crippen LogP contribution in [0.25, 0.3) is 17.2 Å². The normalized spacial score (nSPS) is 15.6. The summed E-state index contributed by atoms with van der Waals surface area (Å²) in [7, 11) is 0. The lowest BCUT2D eigenvalue weighted by Gasteiger charge is -2.14. The van der Waals surface area contributed by atoms with Gasteiger partial charge in [-0.3, -0.25) is 9.78 Å². The number of aromatic nitrogens is 5. The number of nitrogens with one attached hydrogen (secondary N) is 1. The molecule has 0 radical (unpaired) electrons. The Labute approximate surface area is 204 Å². The van der Waals surface area contributed by atoms with Crippen molar-refractivity contribution in [2.75, 3.05) is 0 Å². The monoisotopic (exact) mass is 464 g/mol. The molecule has 7 heteroatoms. The van der Waals surface area contributed by atoms with E-state index in [0.29, 0.717) is 23.9 Å². The van der Waals surface area contributed by atoms with Crippen LogP contribution in [0, 0.1) is 0 Å². The Balaban J connectivity index is 1.31. The Bertz CT molecular complexity index is 1380. The number of carbonyl (C=O) groups excluding carboxylic acids is 1. The molecule has 1 saturated carbocycles. The van der Waals surface area contributed by atoms with Gasteiger partial charge in [-0.15, -0.1) is 0 Å². The van der Waals surface area contributed by atoms with E-state index in [-0.39, 0.29) is 11.9 Å². The molecule has 2 aliphatic rings. The molecule has 35 heavy (non-hydrogen) atoms. The zero-order valence-corrected chi connectivity index (χ0v) is 19.8. The highest BCUT2D eigenvalue weighted by Gasteiger charge is 2.34. The molecule has 1 amide bonds. The van der Waals surface area contributed by atoms with Crippen LogP contribution in [0.1, 0.15) is 65.0 Å². The summed E-state index contributed by atoms with van der Waals surface area (Å²) in [4.78, 5) is 27.3. The summed E-state index contributed by atoms with van der Waals surface area (Å²) in [5, 5.41) is 7.74. The van der Waals surface area contributed by atoms with Crippen molar-refractivity contribution in [2.45, 2.75) is 57.4 Å². The Morgan fingerprint density at radius 1 is 1.06 bits per heavy atom. The maximum Gasteiger partial charge on any atom is 0.255 e. The van der Waals surface area contributed by atoms with Crippen LogP contribution in [-0.4, -0.2) is 36.7 Å². The predicted octanol–water partition coefficient (Wildman–Crippen LogP) is 4.45. The third-order valence-electron chi connectivity index (χ3n) is 6.84. The summed E-state index contributed by atoms with van der Waals surface area (Å²) in [5.41, 5.74) is 7.12. The van der Waals surface area contributed by atoms with E-state index in [4.69, 9.17) is 4.98 Å². The molecule has 1 atom stereocenters. The number of hydrogen-bond acceptors (Lipinski definition) is 5. The first-order valence-electron chi connectivity index (χ1n) is 12.4. The third-order valence-corrected chi connectivity index (χ3v) is 6.84. The Morgan fingerprint density at radius 2 is 1.89 bits per heavy atom. The summed E-state index contributed by atoms with van der Waals surface area (Å²) >= 11 is 0. The molecule has 0 bridgehead atoms. The van der Waals surface area contributed by atoms with Crippen LogP contribution in [0.4, 0.5) is 0 Å². The lowest BCUT2D eigenvalue weighted by atomic mass is 10.0. The average Bonchev–Trinajstić information content (AvgIpc) is 3.65. The average molecular weight is 465 g/mol. The number of rotatable bonds is 6. The molecular weight excluding hydrogens is 436 g/mol. The minimum atomic E-state index is -0.110. The van der Waals surface area contributed by atoms with Crippen LogP contribution < -0.4 is 5.32 Å². The largest absolute Gasteiger partial charge is 0.349 e. The highest BCUT2D eigenvalue weighted by atomic mass is 16.1. The fourth-order valence-electron chi connectivity index (χ4n) is 4.98. The van der Waals surface area contributed by atoms with Crippen LogP contribution >= 0.6 is 0 Å². The van der Waals surface area contributed by atoms with E-state index in [1.807, 2.05) is 31.3 Å². The van der Waals surface area contributed by atoms with Gasteiger partial charge in [-0.05, 0) is 62.3 Å². The highest BCUT2D eigenvalue weighted by molar-refractivity contribution is 5.95. The number of nitrogens with zero attached hydrogens (tertiary/aromatic N) is 5. The van der Waals surface area contributed by atoms with Crippen molar-refractivity contribution < 1.29 is 4.79 Å². The second-order valence-corrected chi connectivity index (χ2v) is 9.58. The summed E-state index contributed by atoms with van der Waals surface area (Å²) < 4.78 is 1.78. The number of pyridine rings is 1. The van der Waals surface area contributed by atoms with Gasteiger partial charge in [-0.25, -0.2) is 14.6 Å². The molecule has 0 aliphatic heterocycles. The molecule has 0 saturated heterocycles. The molecule has 4 aromatic rings. The first-order chi connectivity index (χ1) is 17.2. The van der Waals surface area contributed by atoms with Crippen LogP contribution in [0.15, 0.2) is 61.1 Å². The summed E-state index contributed by atoms with van der Waals surface area (Å²) in [6.07, 6.45) is 11.2. The van der Waals surface area contributed by atoms with Gasteiger partial charge in [0, 0.05) is 42.0 Å². The van der Waals surface area contributed by atoms with Crippen LogP contribution in [0.3, 0.4) is 0 Å². The van der Waals surface area contributed by atoms with Gasteiger partial charge in [0.1, 0.15) is 0 Å². The Kier molecular flexibility index (Phi) is 5.60. The van der Waals surface area contributed by atoms with Crippen molar-refractivity contribution >= 4 is 5.91 Å². The standard InChI is InChI=1S/C28H28N6O/c1-18(15-22-10-4-5-14-29-22)32-27(35)24-17-31-34(26(24)20-12-13-20)28-30-16-21-9-6-8-19-7-2-3-11-23(19)25(21)33-28/h2-5,7,10-11,14,16-18,20H,6,8-9,12-13,15H2,1H3,(H,32,35)/t18-/m0/s1. The van der Waals surface area contributed by atoms with Crippen molar-refractivity contribution in [3.05, 3.63) is 89.1 Å². The highest BCUT2D eigenvalue weighted by Crippen LogP contribution is 2.42. The van der Waals surface area contributed by atoms with Crippen LogP contribution in [0.5, 0.6) is 0 Å². The van der Waals surface area contributed by atoms with Gasteiger partial charge in [-0.2, -0.15) is 5.10 Å². The van der Waals surface area contributed by atoms with Gasteiger partial charge in [0.25, 0.3) is 11.9 Å². The summed E-state index contributed by atoms with van der Waals surface area (Å²) in [6.45, 7) is 2.00. The van der Waals surface area contributed by atoms with Crippen molar-refractivity contribution in [3.63, 3.8) is 0 Å². The molecule has 176 valence electrons. The van der Waals surface area contributed by atoms with Gasteiger partial charge in [-0.1, -0.05) is 30.3 Å². The molecule has 3 aromatic heterocycles. The zero-order valence-electron chi connectivity index (χ0n) is 19.8. The number of fused-ring (bicyclic) bond motifs is 3. The summed E-state index contributed by atoms with van der Waals surface area (Å²) in [6, 6.07) is 14.3. The van der Waals surface area contributed by atoms with Crippen molar-refractivity contribution in [1.82, 2.24) is 30.0 Å². The van der Waals surface area contributed by atoms with Gasteiger partial charge >= 0.3 is 0 Å². The molecule has 1 fully saturated rings. The number of amides is 1. The van der Waals surface area contributed by atoms with E-state index in [1.54, 1.807) is 17.1 Å². The first kappa shape index (κ1) is 21.6. The zero-order chi connectivity index (χ0) is 23.8. The lowest BCUT2D eigenvalue weighted by molar-refractivity contribution is 0.0939. The van der Waals surface area contributed by atoms with Gasteiger partial charge < -0.3 is 5.32 Å². The molecule has 2 aliphatic carbocycles. The van der Waals surface area contributed by atoms with Gasteiger partial charge in [0.05, 0.1) is 23.1 Å². The molecule has 0 unspecified atom stereocenters. The van der Waals surface area contributed by atoms with Gasteiger partial charge in [0.15, 0.2) is 0 Å². The lowest BCUT2D eigenvalue weighted by Crippen LogP contribution is -2.34. The van der Waals surface area contributed by atoms with E-state index in [9.17, 15) is 4.79 Å². The third kappa shape index (κ3) is 4.34. The number of benzene rings is 1. The molecule has 7 nitrogen and oxygen atoms in total.